The summed E-state index contributed by atoms with van der Waals surface area (Å²) in [6, 6.07) is 0. The van der Waals surface area contributed by atoms with Gasteiger partial charge in [-0.15, -0.1) is 23.5 Å². The molecule has 0 radical (unpaired) electrons. The average Bonchev–Trinajstić information content (AvgIpc) is 3.18. The van der Waals surface area contributed by atoms with Crippen molar-refractivity contribution < 1.29 is 4.48 Å². The molecule has 2 atom stereocenters. The summed E-state index contributed by atoms with van der Waals surface area (Å²) in [6.07, 6.45) is 23.5. The molecule has 2 fully saturated rings. The largest absolute Gasteiger partial charge is 0.323 e. The molecule has 2 heterocycles. The van der Waals surface area contributed by atoms with Gasteiger partial charge < -0.3 is 9.80 Å². The maximum atomic E-state index is 3.52. The van der Waals surface area contributed by atoms with Crippen LogP contribution in [-0.2, 0) is 0 Å². The zero-order valence-electron chi connectivity index (χ0n) is 20.5. The van der Waals surface area contributed by atoms with E-state index in [0.29, 0.717) is 0 Å². The molecule has 0 aromatic rings. The molecule has 2 aliphatic heterocycles. The molecule has 0 amide bonds. The second kappa shape index (κ2) is 17.1. The maximum absolute atomic E-state index is 3.52. The van der Waals surface area contributed by atoms with Crippen molar-refractivity contribution in [2.75, 3.05) is 45.5 Å². The first-order chi connectivity index (χ1) is 14.7. The van der Waals surface area contributed by atoms with Crippen molar-refractivity contribution in [2.45, 2.75) is 119 Å². The van der Waals surface area contributed by atoms with Gasteiger partial charge in [-0.05, 0) is 6.42 Å². The zero-order chi connectivity index (χ0) is 21.3. The van der Waals surface area contributed by atoms with Crippen molar-refractivity contribution in [1.29, 1.82) is 0 Å². The third kappa shape index (κ3) is 12.6. The van der Waals surface area contributed by atoms with Crippen LogP contribution in [0, 0.1) is 0 Å². The lowest BCUT2D eigenvalue weighted by Gasteiger charge is -2.39. The number of rotatable bonds is 18. The van der Waals surface area contributed by atoms with Gasteiger partial charge in [0, 0.05) is 18.8 Å². The Morgan fingerprint density at radius 3 is 1.77 bits per heavy atom. The lowest BCUT2D eigenvalue weighted by atomic mass is 10.0. The summed E-state index contributed by atoms with van der Waals surface area (Å²) >= 11 is 4.58. The number of piperazine rings is 1. The summed E-state index contributed by atoms with van der Waals surface area (Å²) in [6.45, 7) is 8.78. The summed E-state index contributed by atoms with van der Waals surface area (Å²) in [5.74, 6) is 1.40. The van der Waals surface area contributed by atoms with Crippen molar-refractivity contribution >= 4 is 23.5 Å². The van der Waals surface area contributed by atoms with E-state index >= 15 is 0 Å². The van der Waals surface area contributed by atoms with Gasteiger partial charge in [-0.1, -0.05) is 103 Å². The lowest BCUT2D eigenvalue weighted by molar-refractivity contribution is -0.910. The monoisotopic (exact) mass is 457 g/mol. The molecule has 178 valence electrons. The third-order valence-electron chi connectivity index (χ3n) is 7.16. The molecule has 0 spiro atoms. The van der Waals surface area contributed by atoms with Crippen LogP contribution in [-0.4, -0.2) is 59.8 Å². The van der Waals surface area contributed by atoms with Crippen molar-refractivity contribution in [3.8, 4) is 0 Å². The van der Waals surface area contributed by atoms with Crippen molar-refractivity contribution in [2.24, 2.45) is 0 Å². The Balaban J connectivity index is 1.32. The maximum Gasteiger partial charge on any atom is 0.0914 e. The molecule has 2 rings (SSSR count). The van der Waals surface area contributed by atoms with Crippen LogP contribution in [0.2, 0.25) is 0 Å². The fourth-order valence-electron chi connectivity index (χ4n) is 5.05. The fraction of sp³-hybridized carbons (Fsp3) is 1.00. The molecule has 0 aliphatic carbocycles. The molecular formula is C26H53N2S2+. The quantitative estimate of drug-likeness (QED) is 0.169. The van der Waals surface area contributed by atoms with E-state index in [9.17, 15) is 0 Å². The first-order valence-corrected chi connectivity index (χ1v) is 15.5. The Morgan fingerprint density at radius 2 is 1.23 bits per heavy atom. The SMILES string of the molecule is CCCCCCCCCCCCCCCCCC1SCC(C[N+]2(C)CCNCC2)S1. The first kappa shape index (κ1) is 26.9. The molecule has 2 saturated heterocycles. The van der Waals surface area contributed by atoms with E-state index in [2.05, 4.69) is 42.8 Å². The number of nitrogens with one attached hydrogen (secondary N) is 1. The van der Waals surface area contributed by atoms with Crippen LogP contribution in [0.1, 0.15) is 110 Å². The number of hydrogen-bond donors (Lipinski definition) is 1. The van der Waals surface area contributed by atoms with Gasteiger partial charge in [-0.25, -0.2) is 0 Å². The minimum atomic E-state index is 0.895. The Kier molecular flexibility index (Phi) is 15.4. The minimum Gasteiger partial charge on any atom is -0.323 e. The molecule has 2 unspecified atom stereocenters. The first-order valence-electron chi connectivity index (χ1n) is 13.5. The average molecular weight is 458 g/mol. The standard InChI is InChI=1S/C26H53N2S2/c1-3-4-5-6-7-8-9-10-11-12-13-14-15-16-17-18-26-29-24-25(30-26)23-28(2)21-19-27-20-22-28/h25-27H,3-24H2,1-2H3/q+1. The Labute approximate surface area is 198 Å². The summed E-state index contributed by atoms with van der Waals surface area (Å²) in [7, 11) is 2.48. The molecule has 30 heavy (non-hydrogen) atoms. The van der Waals surface area contributed by atoms with E-state index in [1.807, 2.05) is 0 Å². The number of thioether (sulfide) groups is 2. The van der Waals surface area contributed by atoms with E-state index in [1.165, 1.54) is 146 Å². The third-order valence-corrected chi connectivity index (χ3v) is 10.6. The highest BCUT2D eigenvalue weighted by Gasteiger charge is 2.33. The summed E-state index contributed by atoms with van der Waals surface area (Å²) < 4.78 is 2.20. The van der Waals surface area contributed by atoms with Crippen LogP contribution >= 0.6 is 23.5 Å². The van der Waals surface area contributed by atoms with Crippen molar-refractivity contribution in [3.63, 3.8) is 0 Å². The minimum absolute atomic E-state index is 0.895. The Hall–Kier alpha value is 0.620. The van der Waals surface area contributed by atoms with Gasteiger partial charge in [0.2, 0.25) is 0 Å². The summed E-state index contributed by atoms with van der Waals surface area (Å²) in [4.78, 5) is 0. The van der Waals surface area contributed by atoms with Gasteiger partial charge in [0.25, 0.3) is 0 Å². The van der Waals surface area contributed by atoms with Gasteiger partial charge in [0.05, 0.1) is 36.5 Å². The van der Waals surface area contributed by atoms with Gasteiger partial charge in [-0.3, -0.25) is 0 Å². The molecule has 1 N–H and O–H groups in total. The topological polar surface area (TPSA) is 12.0 Å². The molecule has 0 bridgehead atoms. The van der Waals surface area contributed by atoms with E-state index in [4.69, 9.17) is 0 Å². The molecule has 0 aromatic carbocycles. The smallest absolute Gasteiger partial charge is 0.0914 e. The number of quaternary nitrogens is 1. The van der Waals surface area contributed by atoms with Gasteiger partial charge in [0.15, 0.2) is 0 Å². The van der Waals surface area contributed by atoms with Crippen LogP contribution in [0.25, 0.3) is 0 Å². The Morgan fingerprint density at radius 1 is 0.733 bits per heavy atom. The molecule has 0 saturated carbocycles. The van der Waals surface area contributed by atoms with Gasteiger partial charge >= 0.3 is 0 Å². The lowest BCUT2D eigenvalue weighted by Crippen LogP contribution is -2.58. The van der Waals surface area contributed by atoms with Crippen LogP contribution in [0.4, 0.5) is 0 Å². The van der Waals surface area contributed by atoms with Crippen molar-refractivity contribution in [1.82, 2.24) is 5.32 Å². The molecule has 0 aromatic heterocycles. The number of unbranched alkanes of at least 4 members (excludes halogenated alkanes) is 14. The Bertz CT molecular complexity index is 398. The van der Waals surface area contributed by atoms with Crippen LogP contribution in [0.5, 0.6) is 0 Å². The molecule has 2 nitrogen and oxygen atoms in total. The highest BCUT2D eigenvalue weighted by molar-refractivity contribution is 8.20. The van der Waals surface area contributed by atoms with E-state index in [-0.39, 0.29) is 0 Å². The van der Waals surface area contributed by atoms with E-state index in [1.54, 1.807) is 0 Å². The normalized spacial score (nSPS) is 23.8. The van der Waals surface area contributed by atoms with E-state index in [0.717, 1.165) is 9.83 Å². The molecule has 4 heteroatoms. The summed E-state index contributed by atoms with van der Waals surface area (Å²) in [5, 5.41) is 4.42. The van der Waals surface area contributed by atoms with Gasteiger partial charge in [0.1, 0.15) is 0 Å². The second-order valence-electron chi connectivity index (χ2n) is 10.3. The van der Waals surface area contributed by atoms with Gasteiger partial charge in [-0.2, -0.15) is 0 Å². The second-order valence-corrected chi connectivity index (χ2v) is 13.3. The number of nitrogens with zero attached hydrogens (tertiary/aromatic N) is 1. The number of hydrogen-bond acceptors (Lipinski definition) is 3. The van der Waals surface area contributed by atoms with Crippen LogP contribution in [0.15, 0.2) is 0 Å². The molecule has 2 aliphatic rings. The summed E-state index contributed by atoms with van der Waals surface area (Å²) in [5.41, 5.74) is 0. The molecular weight excluding hydrogens is 404 g/mol. The van der Waals surface area contributed by atoms with Crippen molar-refractivity contribution in [3.05, 3.63) is 0 Å². The van der Waals surface area contributed by atoms with Crippen LogP contribution < -0.4 is 5.32 Å². The predicted octanol–water partition coefficient (Wildman–Crippen LogP) is 7.47. The predicted molar refractivity (Wildman–Crippen MR) is 141 cm³/mol. The highest BCUT2D eigenvalue weighted by Crippen LogP contribution is 2.41. The van der Waals surface area contributed by atoms with Crippen LogP contribution in [0.3, 0.4) is 0 Å². The highest BCUT2D eigenvalue weighted by atomic mass is 32.2. The van der Waals surface area contributed by atoms with E-state index < -0.39 is 0 Å². The zero-order valence-corrected chi connectivity index (χ0v) is 22.1. The number of likely N-dealkylation sites (N-methyl/N-ethyl adjacent to an activating group) is 1. The fourth-order valence-corrected chi connectivity index (χ4v) is 8.66.